The zero-order valence-electron chi connectivity index (χ0n) is 15.0. The fourth-order valence-corrected chi connectivity index (χ4v) is 2.69. The van der Waals surface area contributed by atoms with Crippen molar-refractivity contribution in [3.63, 3.8) is 0 Å². The summed E-state index contributed by atoms with van der Waals surface area (Å²) in [6.45, 7) is 3.76. The van der Waals surface area contributed by atoms with Crippen molar-refractivity contribution in [2.24, 2.45) is 5.92 Å². The van der Waals surface area contributed by atoms with Gasteiger partial charge >= 0.3 is 0 Å². The van der Waals surface area contributed by atoms with Crippen molar-refractivity contribution in [1.29, 1.82) is 0 Å². The average Bonchev–Trinajstić information content (AvgIpc) is 3.07. The van der Waals surface area contributed by atoms with Crippen LogP contribution in [0.2, 0.25) is 0 Å². The second-order valence-corrected chi connectivity index (χ2v) is 6.44. The van der Waals surface area contributed by atoms with Crippen molar-refractivity contribution >= 4 is 17.5 Å². The van der Waals surface area contributed by atoms with Crippen LogP contribution in [0.1, 0.15) is 30.0 Å². The molecule has 3 aromatic rings. The Kier molecular flexibility index (Phi) is 5.44. The number of hydrogen-bond donors (Lipinski definition) is 2. The van der Waals surface area contributed by atoms with Gasteiger partial charge in [-0.3, -0.25) is 14.0 Å². The van der Waals surface area contributed by atoms with E-state index in [1.165, 1.54) is 18.2 Å². The van der Waals surface area contributed by atoms with Gasteiger partial charge in [0.2, 0.25) is 5.91 Å². The van der Waals surface area contributed by atoms with Gasteiger partial charge in [0.15, 0.2) is 11.5 Å². The maximum Gasteiger partial charge on any atom is 0.254 e. The highest BCUT2D eigenvalue weighted by Crippen LogP contribution is 2.09. The van der Waals surface area contributed by atoms with Gasteiger partial charge in [0.05, 0.1) is 12.1 Å². The van der Waals surface area contributed by atoms with Gasteiger partial charge in [-0.2, -0.15) is 0 Å². The highest BCUT2D eigenvalue weighted by Gasteiger charge is 2.25. The molecule has 0 aliphatic heterocycles. The maximum absolute atomic E-state index is 13.8. The maximum atomic E-state index is 13.8. The molecule has 1 aromatic carbocycles. The van der Waals surface area contributed by atoms with Gasteiger partial charge in [0, 0.05) is 6.20 Å². The van der Waals surface area contributed by atoms with Gasteiger partial charge in [0.1, 0.15) is 11.9 Å². The standard InChI is InChI=1S/C19H20FN5O2/c1-12(2)17(22-18(26)13-7-3-4-8-14(13)20)19(27)21-11-16-24-23-15-9-5-6-10-25(15)16/h3-10,12,17H,11H2,1-2H3,(H,21,27)(H,22,26). The SMILES string of the molecule is CC(C)C(NC(=O)c1ccccc1F)C(=O)NCc1nnc2ccccn12. The molecule has 0 saturated heterocycles. The molecule has 0 aliphatic rings. The number of nitrogens with zero attached hydrogens (tertiary/aromatic N) is 3. The number of rotatable bonds is 6. The van der Waals surface area contributed by atoms with Gasteiger partial charge in [-0.05, 0) is 30.2 Å². The molecule has 8 heteroatoms. The predicted molar refractivity (Wildman–Crippen MR) is 97.3 cm³/mol. The van der Waals surface area contributed by atoms with Crippen LogP contribution in [-0.4, -0.2) is 32.5 Å². The summed E-state index contributed by atoms with van der Waals surface area (Å²) >= 11 is 0. The first kappa shape index (κ1) is 18.5. The summed E-state index contributed by atoms with van der Waals surface area (Å²) in [4.78, 5) is 24.9. The van der Waals surface area contributed by atoms with Crippen molar-refractivity contribution in [3.8, 4) is 0 Å². The number of hydrogen-bond acceptors (Lipinski definition) is 4. The zero-order chi connectivity index (χ0) is 19.4. The number of amides is 2. The topological polar surface area (TPSA) is 88.4 Å². The molecule has 1 atom stereocenters. The molecule has 3 rings (SSSR count). The summed E-state index contributed by atoms with van der Waals surface area (Å²) in [7, 11) is 0. The van der Waals surface area contributed by atoms with Crippen molar-refractivity contribution < 1.29 is 14.0 Å². The van der Waals surface area contributed by atoms with Gasteiger partial charge in [-0.1, -0.05) is 32.0 Å². The van der Waals surface area contributed by atoms with Crippen LogP contribution in [0.15, 0.2) is 48.7 Å². The van der Waals surface area contributed by atoms with Crippen molar-refractivity contribution in [2.45, 2.75) is 26.4 Å². The minimum Gasteiger partial charge on any atom is -0.347 e. The number of halogens is 1. The molecule has 0 radical (unpaired) electrons. The van der Waals surface area contributed by atoms with Crippen LogP contribution in [-0.2, 0) is 11.3 Å². The smallest absolute Gasteiger partial charge is 0.254 e. The molecule has 0 aliphatic carbocycles. The third-order valence-electron chi connectivity index (χ3n) is 4.16. The molecule has 2 N–H and O–H groups in total. The van der Waals surface area contributed by atoms with Gasteiger partial charge in [0.25, 0.3) is 5.91 Å². The molecule has 7 nitrogen and oxygen atoms in total. The third-order valence-corrected chi connectivity index (χ3v) is 4.16. The van der Waals surface area contributed by atoms with Gasteiger partial charge in [-0.25, -0.2) is 4.39 Å². The molecule has 0 spiro atoms. The first-order valence-electron chi connectivity index (χ1n) is 8.59. The molecule has 0 bridgehead atoms. The van der Waals surface area contributed by atoms with E-state index in [0.29, 0.717) is 11.5 Å². The number of benzene rings is 1. The lowest BCUT2D eigenvalue weighted by Gasteiger charge is -2.21. The lowest BCUT2D eigenvalue weighted by molar-refractivity contribution is -0.124. The fraction of sp³-hybridized carbons (Fsp3) is 0.263. The highest BCUT2D eigenvalue weighted by molar-refractivity contribution is 5.97. The summed E-state index contributed by atoms with van der Waals surface area (Å²) in [6, 6.07) is 10.3. The van der Waals surface area contributed by atoms with Crippen molar-refractivity contribution in [3.05, 3.63) is 65.9 Å². The number of nitrogens with one attached hydrogen (secondary N) is 2. The molecule has 0 fully saturated rings. The van der Waals surface area contributed by atoms with E-state index < -0.39 is 17.8 Å². The summed E-state index contributed by atoms with van der Waals surface area (Å²) in [5.41, 5.74) is 0.578. The molecule has 2 heterocycles. The summed E-state index contributed by atoms with van der Waals surface area (Å²) in [6.07, 6.45) is 1.80. The molecule has 27 heavy (non-hydrogen) atoms. The van der Waals surface area contributed by atoms with E-state index in [0.717, 1.165) is 0 Å². The number of carbonyl (C=O) groups excluding carboxylic acids is 2. The molecule has 2 aromatic heterocycles. The lowest BCUT2D eigenvalue weighted by Crippen LogP contribution is -2.49. The largest absolute Gasteiger partial charge is 0.347 e. The van der Waals surface area contributed by atoms with Crippen LogP contribution >= 0.6 is 0 Å². The molecular weight excluding hydrogens is 349 g/mol. The first-order chi connectivity index (χ1) is 13.0. The molecule has 0 saturated carbocycles. The summed E-state index contributed by atoms with van der Waals surface area (Å²) in [5.74, 6) is -1.25. The number of carbonyl (C=O) groups is 2. The van der Waals surface area contributed by atoms with E-state index in [1.807, 2.05) is 18.2 Å². The minimum atomic E-state index is -0.809. The molecule has 1 unspecified atom stereocenters. The zero-order valence-corrected chi connectivity index (χ0v) is 15.0. The van der Waals surface area contributed by atoms with E-state index in [1.54, 1.807) is 30.5 Å². The van der Waals surface area contributed by atoms with E-state index in [-0.39, 0.29) is 23.9 Å². The lowest BCUT2D eigenvalue weighted by atomic mass is 10.0. The number of pyridine rings is 1. The Bertz CT molecular complexity index is 969. The van der Waals surface area contributed by atoms with Crippen molar-refractivity contribution in [1.82, 2.24) is 25.2 Å². The Morgan fingerprint density at radius 2 is 1.85 bits per heavy atom. The minimum absolute atomic E-state index is 0.0978. The second kappa shape index (κ2) is 7.94. The van der Waals surface area contributed by atoms with Crippen LogP contribution in [0.25, 0.3) is 5.65 Å². The highest BCUT2D eigenvalue weighted by atomic mass is 19.1. The Morgan fingerprint density at radius 3 is 2.59 bits per heavy atom. The van der Waals surface area contributed by atoms with Gasteiger partial charge in [-0.15, -0.1) is 10.2 Å². The Morgan fingerprint density at radius 1 is 1.11 bits per heavy atom. The first-order valence-corrected chi connectivity index (χ1v) is 8.59. The van der Waals surface area contributed by atoms with Crippen LogP contribution < -0.4 is 10.6 Å². The summed E-state index contributed by atoms with van der Waals surface area (Å²) < 4.78 is 15.6. The van der Waals surface area contributed by atoms with Crippen LogP contribution in [0.5, 0.6) is 0 Å². The van der Waals surface area contributed by atoms with Crippen molar-refractivity contribution in [2.75, 3.05) is 0 Å². The molecular formula is C19H20FN5O2. The Labute approximate surface area is 155 Å². The molecule has 2 amide bonds. The number of aromatic nitrogens is 3. The van der Waals surface area contributed by atoms with Crippen LogP contribution in [0, 0.1) is 11.7 Å². The van der Waals surface area contributed by atoms with E-state index >= 15 is 0 Å². The Hall–Kier alpha value is -3.29. The quantitative estimate of drug-likeness (QED) is 0.695. The number of fused-ring (bicyclic) bond motifs is 1. The third kappa shape index (κ3) is 4.11. The normalized spacial score (nSPS) is 12.1. The monoisotopic (exact) mass is 369 g/mol. The fourth-order valence-electron chi connectivity index (χ4n) is 2.69. The van der Waals surface area contributed by atoms with Crippen LogP contribution in [0.4, 0.5) is 4.39 Å². The molecule has 140 valence electrons. The average molecular weight is 369 g/mol. The van der Waals surface area contributed by atoms with E-state index in [2.05, 4.69) is 20.8 Å². The Balaban J connectivity index is 1.68. The van der Waals surface area contributed by atoms with Gasteiger partial charge < -0.3 is 10.6 Å². The summed E-state index contributed by atoms with van der Waals surface area (Å²) in [5, 5.41) is 13.4. The van der Waals surface area contributed by atoms with Crippen LogP contribution in [0.3, 0.4) is 0 Å². The van der Waals surface area contributed by atoms with E-state index in [9.17, 15) is 14.0 Å². The second-order valence-electron chi connectivity index (χ2n) is 6.44. The predicted octanol–water partition coefficient (Wildman–Crippen LogP) is 1.94. The van der Waals surface area contributed by atoms with E-state index in [4.69, 9.17) is 0 Å².